The van der Waals surface area contributed by atoms with Crippen LogP contribution in [-0.4, -0.2) is 18.2 Å². The fourth-order valence-corrected chi connectivity index (χ4v) is 3.24. The zero-order valence-corrected chi connectivity index (χ0v) is 14.4. The molecule has 1 aliphatic carbocycles. The number of carbonyl (C=O) groups excluding carboxylic acids is 1. The van der Waals surface area contributed by atoms with E-state index in [1.54, 1.807) is 24.3 Å². The van der Waals surface area contributed by atoms with Gasteiger partial charge >= 0.3 is 5.97 Å². The molecule has 0 heterocycles. The largest absolute Gasteiger partial charge is 0.465 e. The van der Waals surface area contributed by atoms with E-state index in [9.17, 15) is 9.90 Å². The molecule has 0 spiro atoms. The van der Waals surface area contributed by atoms with Crippen LogP contribution in [0.1, 0.15) is 62.1 Å². The smallest absolute Gasteiger partial charge is 0.337 e. The first-order valence-electron chi connectivity index (χ1n) is 8.10. The molecule has 1 aromatic carbocycles. The highest BCUT2D eigenvalue weighted by atomic mass is 16.5. The standard InChI is InChI=1S/C20H26O3/c1-14-6-5-13-20(2,3)17(14)11-12-18(21)15-7-9-16(10-8-15)19(22)23-4/h7-12,18,21H,5-6,13H2,1-4H3/b12-11+. The van der Waals surface area contributed by atoms with Crippen LogP contribution < -0.4 is 0 Å². The van der Waals surface area contributed by atoms with Crippen molar-refractivity contribution in [3.8, 4) is 0 Å². The summed E-state index contributed by atoms with van der Waals surface area (Å²) in [6, 6.07) is 6.86. The van der Waals surface area contributed by atoms with Gasteiger partial charge in [-0.15, -0.1) is 0 Å². The molecular formula is C20H26O3. The number of aliphatic hydroxyl groups excluding tert-OH is 1. The van der Waals surface area contributed by atoms with Crippen molar-refractivity contribution in [2.45, 2.75) is 46.1 Å². The molecule has 3 nitrogen and oxygen atoms in total. The van der Waals surface area contributed by atoms with Crippen LogP contribution in [0.5, 0.6) is 0 Å². The summed E-state index contributed by atoms with van der Waals surface area (Å²) < 4.78 is 4.68. The number of benzene rings is 1. The van der Waals surface area contributed by atoms with Gasteiger partial charge in [0.05, 0.1) is 18.8 Å². The summed E-state index contributed by atoms with van der Waals surface area (Å²) in [5.41, 5.74) is 4.15. The third kappa shape index (κ3) is 4.11. The Bertz CT molecular complexity index is 621. The minimum Gasteiger partial charge on any atom is -0.465 e. The minimum atomic E-state index is -0.681. The average Bonchev–Trinajstić information content (AvgIpc) is 2.53. The quantitative estimate of drug-likeness (QED) is 0.827. The van der Waals surface area contributed by atoms with Crippen LogP contribution in [-0.2, 0) is 4.74 Å². The van der Waals surface area contributed by atoms with Gasteiger partial charge in [0.2, 0.25) is 0 Å². The first kappa shape index (κ1) is 17.5. The van der Waals surface area contributed by atoms with E-state index in [0.717, 1.165) is 12.0 Å². The van der Waals surface area contributed by atoms with Crippen LogP contribution in [0.25, 0.3) is 0 Å². The number of carbonyl (C=O) groups is 1. The number of hydrogen-bond donors (Lipinski definition) is 1. The highest BCUT2D eigenvalue weighted by molar-refractivity contribution is 5.89. The van der Waals surface area contributed by atoms with E-state index in [-0.39, 0.29) is 11.4 Å². The maximum absolute atomic E-state index is 11.4. The minimum absolute atomic E-state index is 0.160. The summed E-state index contributed by atoms with van der Waals surface area (Å²) in [6.45, 7) is 6.69. The van der Waals surface area contributed by atoms with Crippen LogP contribution in [0, 0.1) is 5.41 Å². The van der Waals surface area contributed by atoms with E-state index < -0.39 is 6.10 Å². The molecule has 0 aliphatic heterocycles. The maximum atomic E-state index is 11.4. The number of ether oxygens (including phenoxy) is 1. The zero-order valence-electron chi connectivity index (χ0n) is 14.4. The number of allylic oxidation sites excluding steroid dienone is 3. The Labute approximate surface area is 138 Å². The van der Waals surface area contributed by atoms with Crippen LogP contribution >= 0.6 is 0 Å². The highest BCUT2D eigenvalue weighted by Gasteiger charge is 2.26. The first-order chi connectivity index (χ1) is 10.8. The third-order valence-corrected chi connectivity index (χ3v) is 4.66. The third-order valence-electron chi connectivity index (χ3n) is 4.66. The van der Waals surface area contributed by atoms with Crippen molar-refractivity contribution in [2.75, 3.05) is 7.11 Å². The second-order valence-electron chi connectivity index (χ2n) is 6.85. The maximum Gasteiger partial charge on any atom is 0.337 e. The molecule has 1 atom stereocenters. The van der Waals surface area contributed by atoms with E-state index in [2.05, 4.69) is 31.6 Å². The molecule has 0 radical (unpaired) electrons. The van der Waals surface area contributed by atoms with Crippen molar-refractivity contribution >= 4 is 5.97 Å². The Morgan fingerprint density at radius 3 is 2.52 bits per heavy atom. The van der Waals surface area contributed by atoms with Crippen molar-refractivity contribution in [3.05, 3.63) is 58.7 Å². The van der Waals surface area contributed by atoms with Gasteiger partial charge in [-0.3, -0.25) is 0 Å². The summed E-state index contributed by atoms with van der Waals surface area (Å²) in [6.07, 6.45) is 6.75. The van der Waals surface area contributed by atoms with Gasteiger partial charge in [-0.1, -0.05) is 43.7 Å². The van der Waals surface area contributed by atoms with Gasteiger partial charge in [-0.2, -0.15) is 0 Å². The molecular weight excluding hydrogens is 288 g/mol. The molecule has 1 aliphatic rings. The fraction of sp³-hybridized carbons (Fsp3) is 0.450. The molecule has 124 valence electrons. The normalized spacial score (nSPS) is 19.0. The van der Waals surface area contributed by atoms with Crippen molar-refractivity contribution < 1.29 is 14.6 Å². The summed E-state index contributed by atoms with van der Waals surface area (Å²) >= 11 is 0. The molecule has 0 aromatic heterocycles. The molecule has 3 heteroatoms. The average molecular weight is 314 g/mol. The van der Waals surface area contributed by atoms with Crippen molar-refractivity contribution in [3.63, 3.8) is 0 Å². The number of esters is 1. The van der Waals surface area contributed by atoms with Crippen LogP contribution in [0.2, 0.25) is 0 Å². The van der Waals surface area contributed by atoms with Gasteiger partial charge in [0.1, 0.15) is 0 Å². The Balaban J connectivity index is 2.15. The molecule has 1 unspecified atom stereocenters. The van der Waals surface area contributed by atoms with E-state index in [1.807, 2.05) is 6.08 Å². The summed E-state index contributed by atoms with van der Waals surface area (Å²) in [7, 11) is 1.36. The van der Waals surface area contributed by atoms with Gasteiger partial charge in [-0.05, 0) is 54.9 Å². The van der Waals surface area contributed by atoms with E-state index >= 15 is 0 Å². The van der Waals surface area contributed by atoms with Gasteiger partial charge in [-0.25, -0.2) is 4.79 Å². The fourth-order valence-electron chi connectivity index (χ4n) is 3.24. The summed E-state index contributed by atoms with van der Waals surface area (Å²) in [5, 5.41) is 10.4. The van der Waals surface area contributed by atoms with Crippen LogP contribution in [0.3, 0.4) is 0 Å². The monoisotopic (exact) mass is 314 g/mol. The lowest BCUT2D eigenvalue weighted by molar-refractivity contribution is 0.0600. The Morgan fingerprint density at radius 1 is 1.30 bits per heavy atom. The zero-order chi connectivity index (χ0) is 17.0. The van der Waals surface area contributed by atoms with E-state index in [0.29, 0.717) is 5.56 Å². The lowest BCUT2D eigenvalue weighted by atomic mass is 9.72. The predicted octanol–water partition coefficient (Wildman–Crippen LogP) is 4.59. The molecule has 2 rings (SSSR count). The van der Waals surface area contributed by atoms with Crippen molar-refractivity contribution in [1.82, 2.24) is 0 Å². The second kappa shape index (κ2) is 7.14. The predicted molar refractivity (Wildman–Crippen MR) is 92.2 cm³/mol. The SMILES string of the molecule is COC(=O)c1ccc(C(O)/C=C/C2=C(C)CCCC2(C)C)cc1. The van der Waals surface area contributed by atoms with Crippen molar-refractivity contribution in [1.29, 1.82) is 0 Å². The van der Waals surface area contributed by atoms with E-state index in [4.69, 9.17) is 0 Å². The molecule has 0 bridgehead atoms. The number of hydrogen-bond acceptors (Lipinski definition) is 3. The number of methoxy groups -OCH3 is 1. The lowest BCUT2D eigenvalue weighted by Crippen LogP contribution is -2.19. The van der Waals surface area contributed by atoms with E-state index in [1.165, 1.54) is 31.1 Å². The topological polar surface area (TPSA) is 46.5 Å². The van der Waals surface area contributed by atoms with Gasteiger partial charge in [0.25, 0.3) is 0 Å². The van der Waals surface area contributed by atoms with Gasteiger partial charge in [0.15, 0.2) is 0 Å². The van der Waals surface area contributed by atoms with Gasteiger partial charge < -0.3 is 9.84 Å². The first-order valence-corrected chi connectivity index (χ1v) is 8.10. The molecule has 1 aromatic rings. The van der Waals surface area contributed by atoms with Crippen molar-refractivity contribution in [2.24, 2.45) is 5.41 Å². The molecule has 0 saturated heterocycles. The van der Waals surface area contributed by atoms with Gasteiger partial charge in [0, 0.05) is 0 Å². The lowest BCUT2D eigenvalue weighted by Gasteiger charge is -2.33. The highest BCUT2D eigenvalue weighted by Crippen LogP contribution is 2.41. The Morgan fingerprint density at radius 2 is 1.96 bits per heavy atom. The number of rotatable bonds is 4. The summed E-state index contributed by atoms with van der Waals surface area (Å²) in [4.78, 5) is 11.4. The molecule has 0 fully saturated rings. The van der Waals surface area contributed by atoms with Crippen LogP contribution in [0.4, 0.5) is 0 Å². The second-order valence-corrected chi connectivity index (χ2v) is 6.85. The van der Waals surface area contributed by atoms with Crippen LogP contribution in [0.15, 0.2) is 47.6 Å². The summed E-state index contributed by atoms with van der Waals surface area (Å²) in [5.74, 6) is -0.369. The number of aliphatic hydroxyl groups is 1. The molecule has 23 heavy (non-hydrogen) atoms. The molecule has 1 N–H and O–H groups in total. The Hall–Kier alpha value is -1.87. The molecule has 0 amide bonds. The molecule has 0 saturated carbocycles. The Kier molecular flexibility index (Phi) is 5.42.